The zero-order valence-corrected chi connectivity index (χ0v) is 19.7. The Morgan fingerprint density at radius 3 is 2.41 bits per heavy atom. The maximum Gasteiger partial charge on any atom is 0.143 e. The van der Waals surface area contributed by atoms with E-state index < -0.39 is 0 Å². The highest BCUT2D eigenvalue weighted by molar-refractivity contribution is 5.85. The summed E-state index contributed by atoms with van der Waals surface area (Å²) >= 11 is 0. The van der Waals surface area contributed by atoms with E-state index >= 15 is 0 Å². The van der Waals surface area contributed by atoms with Crippen LogP contribution in [0.15, 0.2) is 72.8 Å². The molecule has 1 atom stereocenters. The fourth-order valence-corrected chi connectivity index (χ4v) is 4.80. The van der Waals surface area contributed by atoms with Gasteiger partial charge in [0.25, 0.3) is 0 Å². The molecule has 168 valence electrons. The van der Waals surface area contributed by atoms with Crippen LogP contribution in [0.3, 0.4) is 0 Å². The van der Waals surface area contributed by atoms with Gasteiger partial charge in [0.2, 0.25) is 0 Å². The van der Waals surface area contributed by atoms with E-state index in [0.717, 1.165) is 31.8 Å². The summed E-state index contributed by atoms with van der Waals surface area (Å²) in [7, 11) is 4.17. The average Bonchev–Trinajstić information content (AvgIpc) is 3.20. The fraction of sp³-hybridized carbons (Fsp3) is 0.333. The monoisotopic (exact) mass is 449 g/mol. The number of para-hydroxylation sites is 3. The Hall–Kier alpha value is -2.69. The SMILES string of the molecule is CN(C)c1ccc(CCN2CCC(N3c4ccccc4COc4ccccc43)C2)cc1.Cl. The highest BCUT2D eigenvalue weighted by Gasteiger charge is 2.32. The Morgan fingerprint density at radius 1 is 0.906 bits per heavy atom. The van der Waals surface area contributed by atoms with Gasteiger partial charge in [-0.2, -0.15) is 0 Å². The third-order valence-corrected chi connectivity index (χ3v) is 6.54. The van der Waals surface area contributed by atoms with E-state index in [1.807, 2.05) is 0 Å². The lowest BCUT2D eigenvalue weighted by Gasteiger charge is -2.32. The first-order valence-electron chi connectivity index (χ1n) is 11.3. The van der Waals surface area contributed by atoms with Crippen molar-refractivity contribution in [2.24, 2.45) is 0 Å². The topological polar surface area (TPSA) is 19.0 Å². The molecule has 0 saturated carbocycles. The van der Waals surface area contributed by atoms with Gasteiger partial charge in [0.05, 0.1) is 5.69 Å². The third-order valence-electron chi connectivity index (χ3n) is 6.54. The average molecular weight is 450 g/mol. The van der Waals surface area contributed by atoms with Crippen LogP contribution in [0.5, 0.6) is 5.75 Å². The first-order valence-corrected chi connectivity index (χ1v) is 11.3. The second-order valence-corrected chi connectivity index (χ2v) is 8.81. The molecule has 1 unspecified atom stereocenters. The Kier molecular flexibility index (Phi) is 6.92. The van der Waals surface area contributed by atoms with E-state index in [4.69, 9.17) is 4.74 Å². The van der Waals surface area contributed by atoms with Gasteiger partial charge in [-0.1, -0.05) is 42.5 Å². The number of hydrogen-bond donors (Lipinski definition) is 0. The van der Waals surface area contributed by atoms with Crippen molar-refractivity contribution in [2.75, 3.05) is 43.5 Å². The predicted molar refractivity (Wildman–Crippen MR) is 136 cm³/mol. The molecular weight excluding hydrogens is 418 g/mol. The minimum absolute atomic E-state index is 0. The van der Waals surface area contributed by atoms with Crippen molar-refractivity contribution in [1.82, 2.24) is 4.90 Å². The molecule has 1 saturated heterocycles. The van der Waals surface area contributed by atoms with Crippen molar-refractivity contribution in [3.63, 3.8) is 0 Å². The molecule has 3 aromatic carbocycles. The van der Waals surface area contributed by atoms with Gasteiger partial charge < -0.3 is 19.4 Å². The molecule has 2 aliphatic rings. The number of hydrogen-bond acceptors (Lipinski definition) is 4. The van der Waals surface area contributed by atoms with Crippen LogP contribution in [0.1, 0.15) is 17.5 Å². The van der Waals surface area contributed by atoms with Gasteiger partial charge in [0.15, 0.2) is 0 Å². The standard InChI is InChI=1S/C27H31N3O.ClH/c1-28(2)23-13-11-21(12-14-23)15-17-29-18-16-24(19-29)30-25-8-4-3-7-22(25)20-31-27-10-6-5-9-26(27)30;/h3-14,24H,15-20H2,1-2H3;1H. The summed E-state index contributed by atoms with van der Waals surface area (Å²) < 4.78 is 6.16. The molecule has 0 N–H and O–H groups in total. The second-order valence-electron chi connectivity index (χ2n) is 8.81. The first-order chi connectivity index (χ1) is 15.2. The lowest BCUT2D eigenvalue weighted by molar-refractivity contribution is 0.310. The smallest absolute Gasteiger partial charge is 0.143 e. The molecule has 0 aromatic heterocycles. The van der Waals surface area contributed by atoms with E-state index in [0.29, 0.717) is 12.6 Å². The molecular formula is C27H32ClN3O. The number of ether oxygens (including phenoxy) is 1. The van der Waals surface area contributed by atoms with Crippen LogP contribution in [0, 0.1) is 0 Å². The zero-order chi connectivity index (χ0) is 21.2. The van der Waals surface area contributed by atoms with Crippen LogP contribution < -0.4 is 14.5 Å². The summed E-state index contributed by atoms with van der Waals surface area (Å²) in [5.74, 6) is 0.984. The third kappa shape index (κ3) is 4.57. The van der Waals surface area contributed by atoms with Crippen LogP contribution in [0.2, 0.25) is 0 Å². The van der Waals surface area contributed by atoms with Crippen LogP contribution >= 0.6 is 12.4 Å². The minimum atomic E-state index is 0. The highest BCUT2D eigenvalue weighted by Crippen LogP contribution is 2.42. The van der Waals surface area contributed by atoms with Crippen molar-refractivity contribution in [3.05, 3.63) is 83.9 Å². The van der Waals surface area contributed by atoms with Crippen molar-refractivity contribution in [1.29, 1.82) is 0 Å². The van der Waals surface area contributed by atoms with Crippen molar-refractivity contribution < 1.29 is 4.74 Å². The summed E-state index contributed by atoms with van der Waals surface area (Å²) in [6.45, 7) is 3.95. The highest BCUT2D eigenvalue weighted by atomic mass is 35.5. The van der Waals surface area contributed by atoms with E-state index in [2.05, 4.69) is 102 Å². The first kappa shape index (κ1) is 22.5. The number of nitrogens with zero attached hydrogens (tertiary/aromatic N) is 3. The molecule has 32 heavy (non-hydrogen) atoms. The van der Waals surface area contributed by atoms with Crippen LogP contribution in [0.25, 0.3) is 0 Å². The summed E-state index contributed by atoms with van der Waals surface area (Å²) in [6.07, 6.45) is 2.26. The maximum absolute atomic E-state index is 6.16. The maximum atomic E-state index is 6.16. The molecule has 0 aliphatic carbocycles. The summed E-state index contributed by atoms with van der Waals surface area (Å²) in [5.41, 5.74) is 6.41. The van der Waals surface area contributed by atoms with E-state index in [9.17, 15) is 0 Å². The van der Waals surface area contributed by atoms with Crippen LogP contribution in [0.4, 0.5) is 17.1 Å². The number of halogens is 1. The van der Waals surface area contributed by atoms with Gasteiger partial charge in [0.1, 0.15) is 12.4 Å². The minimum Gasteiger partial charge on any atom is -0.487 e. The number of benzene rings is 3. The quantitative estimate of drug-likeness (QED) is 0.510. The van der Waals surface area contributed by atoms with Crippen molar-refractivity contribution in [2.45, 2.75) is 25.5 Å². The largest absolute Gasteiger partial charge is 0.487 e. The molecule has 0 radical (unpaired) electrons. The fourth-order valence-electron chi connectivity index (χ4n) is 4.80. The van der Waals surface area contributed by atoms with Crippen LogP contribution in [-0.4, -0.2) is 44.7 Å². The zero-order valence-electron chi connectivity index (χ0n) is 18.9. The summed E-state index contributed by atoms with van der Waals surface area (Å²) in [6, 6.07) is 26.6. The molecule has 4 nitrogen and oxygen atoms in total. The Labute approximate surface area is 197 Å². The van der Waals surface area contributed by atoms with Gasteiger partial charge in [0, 0.05) is 56.7 Å². The summed E-state index contributed by atoms with van der Waals surface area (Å²) in [4.78, 5) is 7.29. The predicted octanol–water partition coefficient (Wildman–Crippen LogP) is 5.52. The number of rotatable bonds is 5. The molecule has 2 heterocycles. The Balaban J connectivity index is 0.00000245. The van der Waals surface area contributed by atoms with E-state index in [1.165, 1.54) is 34.6 Å². The summed E-state index contributed by atoms with van der Waals surface area (Å²) in [5, 5.41) is 0. The molecule has 1 fully saturated rings. The number of anilines is 3. The molecule has 0 amide bonds. The van der Waals surface area contributed by atoms with Crippen LogP contribution in [-0.2, 0) is 13.0 Å². The number of likely N-dealkylation sites (tertiary alicyclic amines) is 1. The van der Waals surface area contributed by atoms with E-state index in [-0.39, 0.29) is 12.4 Å². The molecule has 5 heteroatoms. The Morgan fingerprint density at radius 2 is 1.62 bits per heavy atom. The normalized spacial score (nSPS) is 17.6. The molecule has 0 bridgehead atoms. The van der Waals surface area contributed by atoms with Crippen molar-refractivity contribution in [3.8, 4) is 5.75 Å². The lowest BCUT2D eigenvalue weighted by Crippen LogP contribution is -2.35. The molecule has 3 aromatic rings. The molecule has 5 rings (SSSR count). The van der Waals surface area contributed by atoms with Gasteiger partial charge in [-0.15, -0.1) is 12.4 Å². The lowest BCUT2D eigenvalue weighted by atomic mass is 10.1. The number of fused-ring (bicyclic) bond motifs is 2. The Bertz CT molecular complexity index is 990. The molecule has 0 spiro atoms. The van der Waals surface area contributed by atoms with Crippen molar-refractivity contribution >= 4 is 29.5 Å². The van der Waals surface area contributed by atoms with Gasteiger partial charge in [-0.25, -0.2) is 0 Å². The van der Waals surface area contributed by atoms with Gasteiger partial charge in [-0.05, 0) is 48.7 Å². The van der Waals surface area contributed by atoms with E-state index in [1.54, 1.807) is 0 Å². The second kappa shape index (κ2) is 9.85. The van der Waals surface area contributed by atoms with Gasteiger partial charge in [-0.3, -0.25) is 0 Å². The molecule has 2 aliphatic heterocycles. The van der Waals surface area contributed by atoms with Gasteiger partial charge >= 0.3 is 0 Å².